The normalized spacial score (nSPS) is 19.2. The van der Waals surface area contributed by atoms with Crippen LogP contribution in [0.25, 0.3) is 0 Å². The molecule has 1 aromatic rings. The monoisotopic (exact) mass is 264 g/mol. The molecule has 0 bridgehead atoms. The zero-order valence-corrected chi connectivity index (χ0v) is 11.0. The predicted octanol–water partition coefficient (Wildman–Crippen LogP) is 1.56. The summed E-state index contributed by atoms with van der Waals surface area (Å²) in [5.41, 5.74) is 1.92. The Bertz CT molecular complexity index is 445. The van der Waals surface area contributed by atoms with Gasteiger partial charge in [0.05, 0.1) is 5.25 Å². The number of aryl methyl sites for hydroxylation is 1. The topological polar surface area (TPSA) is 58.2 Å². The van der Waals surface area contributed by atoms with E-state index in [1.54, 1.807) is 0 Å². The lowest BCUT2D eigenvalue weighted by molar-refractivity contribution is -0.123. The Kier molecular flexibility index (Phi) is 4.25. The minimum absolute atomic E-state index is 0.0368. The van der Waals surface area contributed by atoms with Crippen LogP contribution in [0.3, 0.4) is 0 Å². The number of benzene rings is 1. The number of hydrogen-bond acceptors (Lipinski definition) is 3. The fraction of sp³-hybridized carbons (Fsp3) is 0.385. The molecule has 0 spiro atoms. The van der Waals surface area contributed by atoms with Gasteiger partial charge in [-0.25, -0.2) is 0 Å². The molecular formula is C13H16N2O2S. The van der Waals surface area contributed by atoms with Gasteiger partial charge in [0.15, 0.2) is 0 Å². The number of nitrogens with one attached hydrogen (secondary N) is 2. The highest BCUT2D eigenvalue weighted by Crippen LogP contribution is 2.19. The zero-order chi connectivity index (χ0) is 13.0. The Labute approximate surface area is 111 Å². The molecule has 1 atom stereocenters. The van der Waals surface area contributed by atoms with Crippen molar-refractivity contribution in [2.75, 3.05) is 17.6 Å². The van der Waals surface area contributed by atoms with Crippen molar-refractivity contribution in [3.63, 3.8) is 0 Å². The molecule has 5 heteroatoms. The maximum Gasteiger partial charge on any atom is 0.233 e. The largest absolute Gasteiger partial charge is 0.354 e. The Balaban J connectivity index is 1.88. The van der Waals surface area contributed by atoms with Crippen LogP contribution in [0, 0.1) is 6.92 Å². The molecule has 1 saturated heterocycles. The fourth-order valence-corrected chi connectivity index (χ4v) is 2.74. The van der Waals surface area contributed by atoms with Crippen LogP contribution < -0.4 is 10.6 Å². The smallest absolute Gasteiger partial charge is 0.233 e. The summed E-state index contributed by atoms with van der Waals surface area (Å²) in [5, 5.41) is 5.31. The number of anilines is 1. The summed E-state index contributed by atoms with van der Waals surface area (Å²) in [4.78, 5) is 23.3. The Morgan fingerprint density at radius 1 is 1.44 bits per heavy atom. The highest BCUT2D eigenvalue weighted by Gasteiger charge is 2.25. The molecule has 0 aliphatic carbocycles. The summed E-state index contributed by atoms with van der Waals surface area (Å²) in [6.07, 6.45) is 0.227. The van der Waals surface area contributed by atoms with E-state index in [0.717, 1.165) is 17.0 Å². The number of carbonyl (C=O) groups excluding carboxylic acids is 2. The van der Waals surface area contributed by atoms with Crippen molar-refractivity contribution in [1.82, 2.24) is 5.32 Å². The van der Waals surface area contributed by atoms with E-state index in [1.807, 2.05) is 31.2 Å². The minimum Gasteiger partial charge on any atom is -0.354 e. The SMILES string of the molecule is Cc1ccc(NC(=O)C[C@H]2SCCNC2=O)cc1. The van der Waals surface area contributed by atoms with Gasteiger partial charge in [0, 0.05) is 24.4 Å². The first-order valence-electron chi connectivity index (χ1n) is 5.91. The first kappa shape index (κ1) is 13.0. The Morgan fingerprint density at radius 3 is 2.83 bits per heavy atom. The van der Waals surface area contributed by atoms with Gasteiger partial charge in [-0.15, -0.1) is 11.8 Å². The van der Waals surface area contributed by atoms with E-state index < -0.39 is 0 Å². The molecule has 1 aliphatic rings. The van der Waals surface area contributed by atoms with Crippen molar-refractivity contribution < 1.29 is 9.59 Å². The molecule has 1 aromatic carbocycles. The second kappa shape index (κ2) is 5.91. The summed E-state index contributed by atoms with van der Waals surface area (Å²) in [5.74, 6) is 0.715. The van der Waals surface area contributed by atoms with Crippen LogP contribution in [0.15, 0.2) is 24.3 Å². The summed E-state index contributed by atoms with van der Waals surface area (Å²) < 4.78 is 0. The highest BCUT2D eigenvalue weighted by molar-refractivity contribution is 8.00. The quantitative estimate of drug-likeness (QED) is 0.871. The molecule has 1 aliphatic heterocycles. The van der Waals surface area contributed by atoms with Gasteiger partial charge in [0.1, 0.15) is 0 Å². The Hall–Kier alpha value is -1.49. The molecule has 0 aromatic heterocycles. The molecular weight excluding hydrogens is 248 g/mol. The van der Waals surface area contributed by atoms with Crippen LogP contribution in [0.4, 0.5) is 5.69 Å². The molecule has 2 rings (SSSR count). The lowest BCUT2D eigenvalue weighted by atomic mass is 10.2. The molecule has 0 saturated carbocycles. The predicted molar refractivity (Wildman–Crippen MR) is 73.7 cm³/mol. The second-order valence-electron chi connectivity index (χ2n) is 4.27. The molecule has 18 heavy (non-hydrogen) atoms. The zero-order valence-electron chi connectivity index (χ0n) is 10.2. The average Bonchev–Trinajstić information content (AvgIpc) is 2.35. The summed E-state index contributed by atoms with van der Waals surface area (Å²) >= 11 is 1.54. The lowest BCUT2D eigenvalue weighted by Crippen LogP contribution is -2.40. The van der Waals surface area contributed by atoms with Crippen molar-refractivity contribution >= 4 is 29.3 Å². The first-order valence-corrected chi connectivity index (χ1v) is 6.96. The van der Waals surface area contributed by atoms with Gasteiger partial charge in [0.2, 0.25) is 11.8 Å². The van der Waals surface area contributed by atoms with Gasteiger partial charge in [-0.1, -0.05) is 17.7 Å². The van der Waals surface area contributed by atoms with Crippen molar-refractivity contribution in [2.24, 2.45) is 0 Å². The van der Waals surface area contributed by atoms with Gasteiger partial charge in [-0.2, -0.15) is 0 Å². The number of hydrogen-bond donors (Lipinski definition) is 2. The molecule has 4 nitrogen and oxygen atoms in total. The van der Waals surface area contributed by atoms with Crippen LogP contribution >= 0.6 is 11.8 Å². The third kappa shape index (κ3) is 3.50. The fourth-order valence-electron chi connectivity index (χ4n) is 1.73. The van der Waals surface area contributed by atoms with E-state index in [9.17, 15) is 9.59 Å². The van der Waals surface area contributed by atoms with E-state index >= 15 is 0 Å². The van der Waals surface area contributed by atoms with Crippen LogP contribution in [-0.2, 0) is 9.59 Å². The molecule has 0 unspecified atom stereocenters. The summed E-state index contributed by atoms with van der Waals surface area (Å²) in [6, 6.07) is 7.61. The molecule has 96 valence electrons. The van der Waals surface area contributed by atoms with Crippen molar-refractivity contribution in [3.8, 4) is 0 Å². The minimum atomic E-state index is -0.260. The number of carbonyl (C=O) groups is 2. The molecule has 2 amide bonds. The van der Waals surface area contributed by atoms with Crippen molar-refractivity contribution in [3.05, 3.63) is 29.8 Å². The first-order chi connectivity index (χ1) is 8.65. The van der Waals surface area contributed by atoms with Crippen LogP contribution in [0.5, 0.6) is 0 Å². The van der Waals surface area contributed by atoms with Gasteiger partial charge < -0.3 is 10.6 Å². The number of thioether (sulfide) groups is 1. The van der Waals surface area contributed by atoms with E-state index in [4.69, 9.17) is 0 Å². The van der Waals surface area contributed by atoms with Gasteiger partial charge >= 0.3 is 0 Å². The van der Waals surface area contributed by atoms with Gasteiger partial charge in [-0.05, 0) is 19.1 Å². The van der Waals surface area contributed by atoms with E-state index in [1.165, 1.54) is 11.8 Å². The van der Waals surface area contributed by atoms with Gasteiger partial charge in [-0.3, -0.25) is 9.59 Å². The van der Waals surface area contributed by atoms with E-state index in [2.05, 4.69) is 10.6 Å². The van der Waals surface area contributed by atoms with Crippen LogP contribution in [-0.4, -0.2) is 29.4 Å². The number of amides is 2. The highest BCUT2D eigenvalue weighted by atomic mass is 32.2. The third-order valence-corrected chi connectivity index (χ3v) is 3.94. The van der Waals surface area contributed by atoms with Crippen LogP contribution in [0.2, 0.25) is 0 Å². The van der Waals surface area contributed by atoms with Gasteiger partial charge in [0.25, 0.3) is 0 Å². The van der Waals surface area contributed by atoms with E-state index in [0.29, 0.717) is 6.54 Å². The summed E-state index contributed by atoms with van der Waals surface area (Å²) in [6.45, 7) is 2.69. The third-order valence-electron chi connectivity index (χ3n) is 2.72. The van der Waals surface area contributed by atoms with E-state index in [-0.39, 0.29) is 23.5 Å². The molecule has 0 radical (unpaired) electrons. The average molecular weight is 264 g/mol. The second-order valence-corrected chi connectivity index (χ2v) is 5.58. The standard InChI is InChI=1S/C13H16N2O2S/c1-9-2-4-10(5-3-9)15-12(16)8-11-13(17)14-6-7-18-11/h2-5,11H,6-8H2,1H3,(H,14,17)(H,15,16)/t11-/m1/s1. The Morgan fingerprint density at radius 2 is 2.17 bits per heavy atom. The molecule has 1 fully saturated rings. The van der Waals surface area contributed by atoms with Crippen molar-refractivity contribution in [2.45, 2.75) is 18.6 Å². The lowest BCUT2D eigenvalue weighted by Gasteiger charge is -2.20. The van der Waals surface area contributed by atoms with Crippen molar-refractivity contribution in [1.29, 1.82) is 0 Å². The maximum absolute atomic E-state index is 11.8. The van der Waals surface area contributed by atoms with Crippen LogP contribution in [0.1, 0.15) is 12.0 Å². The molecule has 1 heterocycles. The summed E-state index contributed by atoms with van der Waals surface area (Å²) in [7, 11) is 0. The maximum atomic E-state index is 11.8. The molecule has 2 N–H and O–H groups in total. The number of rotatable bonds is 3.